The van der Waals surface area contributed by atoms with Gasteiger partial charge in [-0.1, -0.05) is 0 Å². The molecule has 0 saturated heterocycles. The number of carbonyl (C=O) groups is 1. The molecule has 82 valence electrons. The molecule has 0 spiro atoms. The number of nitrogens with zero attached hydrogens (tertiary/aromatic N) is 1. The van der Waals surface area contributed by atoms with Crippen LogP contribution in [0, 0.1) is 0 Å². The van der Waals surface area contributed by atoms with Crippen LogP contribution in [0.5, 0.6) is 0 Å². The van der Waals surface area contributed by atoms with Crippen LogP contribution >= 0.6 is 11.6 Å². The van der Waals surface area contributed by atoms with Crippen molar-refractivity contribution in [2.45, 2.75) is 19.4 Å². The predicted molar refractivity (Wildman–Crippen MR) is 57.1 cm³/mol. The van der Waals surface area contributed by atoms with Gasteiger partial charge in [0.25, 0.3) is 11.5 Å². The number of H-pyrrole nitrogens is 1. The summed E-state index contributed by atoms with van der Waals surface area (Å²) >= 11 is 5.66. The van der Waals surface area contributed by atoms with Crippen molar-refractivity contribution < 1.29 is 4.79 Å². The normalized spacial score (nSPS) is 11.1. The highest BCUT2D eigenvalue weighted by molar-refractivity contribution is 6.18. The third-order valence-corrected chi connectivity index (χ3v) is 2.37. The number of nitrogens with one attached hydrogen (secondary N) is 2. The maximum atomic E-state index is 11.6. The van der Waals surface area contributed by atoms with Crippen molar-refractivity contribution in [3.05, 3.63) is 28.2 Å². The van der Waals surface area contributed by atoms with E-state index in [9.17, 15) is 9.59 Å². The van der Waals surface area contributed by atoms with Crippen molar-refractivity contribution in [2.24, 2.45) is 0 Å². The molecule has 15 heavy (non-hydrogen) atoms. The first-order chi connectivity index (χ1) is 6.94. The van der Waals surface area contributed by atoms with Gasteiger partial charge in [-0.15, -0.1) is 11.6 Å². The van der Waals surface area contributed by atoms with Crippen LogP contribution in [0.25, 0.3) is 0 Å². The van der Waals surface area contributed by atoms with E-state index in [2.05, 4.69) is 15.5 Å². The maximum absolute atomic E-state index is 11.6. The molecule has 0 aliphatic rings. The van der Waals surface area contributed by atoms with Crippen molar-refractivity contribution in [1.29, 1.82) is 0 Å². The molecule has 1 amide bonds. The van der Waals surface area contributed by atoms with Gasteiger partial charge < -0.3 is 5.32 Å². The van der Waals surface area contributed by atoms with E-state index in [1.54, 1.807) is 13.8 Å². The van der Waals surface area contributed by atoms with Crippen molar-refractivity contribution in [3.63, 3.8) is 0 Å². The second-order valence-electron chi connectivity index (χ2n) is 3.78. The van der Waals surface area contributed by atoms with Crippen LogP contribution in [0.1, 0.15) is 24.3 Å². The second-order valence-corrected chi connectivity index (χ2v) is 4.05. The highest BCUT2D eigenvalue weighted by Crippen LogP contribution is 2.05. The van der Waals surface area contributed by atoms with Gasteiger partial charge in [0.2, 0.25) is 0 Å². The smallest absolute Gasteiger partial charge is 0.272 e. The summed E-state index contributed by atoms with van der Waals surface area (Å²) in [6.07, 6.45) is 0. The van der Waals surface area contributed by atoms with Gasteiger partial charge in [-0.2, -0.15) is 5.10 Å². The third-order valence-electron chi connectivity index (χ3n) is 1.70. The first kappa shape index (κ1) is 11.7. The molecular weight excluding hydrogens is 218 g/mol. The summed E-state index contributed by atoms with van der Waals surface area (Å²) in [4.78, 5) is 22.3. The third kappa shape index (κ3) is 3.36. The lowest BCUT2D eigenvalue weighted by Crippen LogP contribution is -2.45. The van der Waals surface area contributed by atoms with Gasteiger partial charge in [0.15, 0.2) is 0 Å². The summed E-state index contributed by atoms with van der Waals surface area (Å²) < 4.78 is 0. The number of hydrogen-bond donors (Lipinski definition) is 2. The van der Waals surface area contributed by atoms with Crippen molar-refractivity contribution in [2.75, 3.05) is 5.88 Å². The SMILES string of the molecule is CC(C)(CCl)NC(=O)c1ccc(=O)[nH]n1. The van der Waals surface area contributed by atoms with Crippen LogP contribution in [0.4, 0.5) is 0 Å². The fourth-order valence-electron chi connectivity index (χ4n) is 0.876. The van der Waals surface area contributed by atoms with Gasteiger partial charge in [-0.3, -0.25) is 9.59 Å². The largest absolute Gasteiger partial charge is 0.345 e. The second kappa shape index (κ2) is 4.44. The fourth-order valence-corrected chi connectivity index (χ4v) is 0.943. The van der Waals surface area contributed by atoms with E-state index in [1.807, 2.05) is 0 Å². The Kier molecular flexibility index (Phi) is 3.47. The molecule has 0 atom stereocenters. The number of rotatable bonds is 3. The van der Waals surface area contributed by atoms with Crippen LogP contribution in [0.3, 0.4) is 0 Å². The summed E-state index contributed by atoms with van der Waals surface area (Å²) in [5.41, 5.74) is -0.688. The molecule has 0 aliphatic heterocycles. The summed E-state index contributed by atoms with van der Waals surface area (Å²) in [5, 5.41) is 8.48. The van der Waals surface area contributed by atoms with Crippen LogP contribution in [0.2, 0.25) is 0 Å². The first-order valence-corrected chi connectivity index (χ1v) is 4.92. The lowest BCUT2D eigenvalue weighted by Gasteiger charge is -2.22. The number of carbonyl (C=O) groups excluding carboxylic acids is 1. The molecule has 1 aromatic rings. The molecule has 1 heterocycles. The molecule has 0 saturated carbocycles. The Balaban J connectivity index is 2.78. The minimum Gasteiger partial charge on any atom is -0.345 e. The fraction of sp³-hybridized carbons (Fsp3) is 0.444. The summed E-state index contributed by atoms with van der Waals surface area (Å²) in [5.74, 6) is -0.0702. The standard InChI is InChI=1S/C9H12ClN3O2/c1-9(2,5-10)11-8(15)6-3-4-7(14)13-12-6/h3-4H,5H2,1-2H3,(H,11,15)(H,13,14). The van der Waals surface area contributed by atoms with E-state index < -0.39 is 5.54 Å². The molecule has 5 nitrogen and oxygen atoms in total. The summed E-state index contributed by atoms with van der Waals surface area (Å²) in [7, 11) is 0. The lowest BCUT2D eigenvalue weighted by molar-refractivity contribution is 0.0914. The van der Waals surface area contributed by atoms with Crippen molar-refractivity contribution >= 4 is 17.5 Å². The van der Waals surface area contributed by atoms with Crippen LogP contribution in [-0.4, -0.2) is 27.5 Å². The Morgan fingerprint density at radius 3 is 2.73 bits per heavy atom. The first-order valence-electron chi connectivity index (χ1n) is 4.39. The molecule has 1 rings (SSSR count). The molecule has 0 radical (unpaired) electrons. The number of aromatic nitrogens is 2. The predicted octanol–water partition coefficient (Wildman–Crippen LogP) is 0.517. The summed E-state index contributed by atoms with van der Waals surface area (Å²) in [6, 6.07) is 2.61. The molecule has 0 unspecified atom stereocenters. The lowest BCUT2D eigenvalue weighted by atomic mass is 10.1. The number of aromatic amines is 1. The Labute approximate surface area is 91.8 Å². The van der Waals surface area contributed by atoms with Gasteiger partial charge in [0, 0.05) is 17.5 Å². The topological polar surface area (TPSA) is 74.8 Å². The highest BCUT2D eigenvalue weighted by atomic mass is 35.5. The van der Waals surface area contributed by atoms with Crippen LogP contribution in [-0.2, 0) is 0 Å². The van der Waals surface area contributed by atoms with Gasteiger partial charge >= 0.3 is 0 Å². The molecule has 0 bridgehead atoms. The molecule has 6 heteroatoms. The molecule has 1 aromatic heterocycles. The van der Waals surface area contributed by atoms with E-state index in [1.165, 1.54) is 12.1 Å². The molecule has 0 aliphatic carbocycles. The van der Waals surface area contributed by atoms with E-state index in [-0.39, 0.29) is 17.2 Å². The zero-order valence-electron chi connectivity index (χ0n) is 8.50. The molecule has 0 aromatic carbocycles. The molecular formula is C9H12ClN3O2. The Morgan fingerprint density at radius 2 is 2.27 bits per heavy atom. The van der Waals surface area contributed by atoms with E-state index in [4.69, 9.17) is 11.6 Å². The minimum absolute atomic E-state index is 0.160. The van der Waals surface area contributed by atoms with E-state index >= 15 is 0 Å². The van der Waals surface area contributed by atoms with E-state index in [0.717, 1.165) is 0 Å². The molecule has 0 fully saturated rings. The quantitative estimate of drug-likeness (QED) is 0.742. The van der Waals surface area contributed by atoms with Crippen molar-refractivity contribution in [3.8, 4) is 0 Å². The van der Waals surface area contributed by atoms with E-state index in [0.29, 0.717) is 5.88 Å². The van der Waals surface area contributed by atoms with Crippen molar-refractivity contribution in [1.82, 2.24) is 15.5 Å². The Bertz CT molecular complexity index is 394. The molecule has 2 N–H and O–H groups in total. The summed E-state index contributed by atoms with van der Waals surface area (Å²) in [6.45, 7) is 3.59. The Hall–Kier alpha value is -1.36. The highest BCUT2D eigenvalue weighted by Gasteiger charge is 2.20. The zero-order valence-corrected chi connectivity index (χ0v) is 9.26. The maximum Gasteiger partial charge on any atom is 0.272 e. The van der Waals surface area contributed by atoms with Gasteiger partial charge in [0.05, 0.1) is 0 Å². The Morgan fingerprint density at radius 1 is 1.60 bits per heavy atom. The number of hydrogen-bond acceptors (Lipinski definition) is 3. The zero-order chi connectivity index (χ0) is 11.5. The number of amides is 1. The minimum atomic E-state index is -0.504. The number of alkyl halides is 1. The van der Waals surface area contributed by atoms with Gasteiger partial charge in [-0.05, 0) is 19.9 Å². The average molecular weight is 230 g/mol. The van der Waals surface area contributed by atoms with Crippen LogP contribution in [0.15, 0.2) is 16.9 Å². The average Bonchev–Trinajstić information content (AvgIpc) is 2.18. The van der Waals surface area contributed by atoms with Crippen LogP contribution < -0.4 is 10.9 Å². The van der Waals surface area contributed by atoms with Gasteiger partial charge in [0.1, 0.15) is 5.69 Å². The number of halogens is 1. The van der Waals surface area contributed by atoms with Gasteiger partial charge in [-0.25, -0.2) is 5.10 Å². The monoisotopic (exact) mass is 229 g/mol.